The van der Waals surface area contributed by atoms with Gasteiger partial charge in [-0.15, -0.1) is 0 Å². The summed E-state index contributed by atoms with van der Waals surface area (Å²) in [6.07, 6.45) is 1.78. The van der Waals surface area contributed by atoms with Crippen LogP contribution in [0.15, 0.2) is 35.3 Å². The van der Waals surface area contributed by atoms with E-state index >= 15 is 0 Å². The third-order valence-corrected chi connectivity index (χ3v) is 4.15. The molecule has 1 aliphatic rings. The molecule has 1 aliphatic heterocycles. The number of aryl methyl sites for hydroxylation is 1. The lowest BCUT2D eigenvalue weighted by atomic mass is 10.1. The molecule has 0 atom stereocenters. The minimum atomic E-state index is -0.0225. The van der Waals surface area contributed by atoms with Gasteiger partial charge in [-0.2, -0.15) is 0 Å². The molecule has 0 saturated carbocycles. The summed E-state index contributed by atoms with van der Waals surface area (Å²) < 4.78 is 6.94. The number of ether oxygens (including phenoxy) is 1. The van der Waals surface area contributed by atoms with Gasteiger partial charge in [0, 0.05) is 48.2 Å². The number of nitrogen functional groups attached to an aromatic ring is 1. The number of hydrogen-bond acceptors (Lipinski definition) is 4. The SMILES string of the molecule is Cn1cc(-c2cc(N)ccc2Cl)cc(N2CCOCC2)c1=O. The van der Waals surface area contributed by atoms with Crippen LogP contribution in [0, 0.1) is 0 Å². The Kier molecular flexibility index (Phi) is 4.09. The smallest absolute Gasteiger partial charge is 0.273 e. The third kappa shape index (κ3) is 2.82. The van der Waals surface area contributed by atoms with Crippen molar-refractivity contribution in [3.63, 3.8) is 0 Å². The predicted octanol–water partition coefficient (Wildman–Crippen LogP) is 2.12. The van der Waals surface area contributed by atoms with Gasteiger partial charge in [0.25, 0.3) is 5.56 Å². The van der Waals surface area contributed by atoms with Gasteiger partial charge >= 0.3 is 0 Å². The van der Waals surface area contributed by atoms with Crippen molar-refractivity contribution in [3.05, 3.63) is 45.8 Å². The van der Waals surface area contributed by atoms with Crippen molar-refractivity contribution in [1.29, 1.82) is 0 Å². The van der Waals surface area contributed by atoms with Gasteiger partial charge in [-0.1, -0.05) is 11.6 Å². The van der Waals surface area contributed by atoms with Crippen LogP contribution < -0.4 is 16.2 Å². The summed E-state index contributed by atoms with van der Waals surface area (Å²) in [7, 11) is 1.75. The average molecular weight is 320 g/mol. The molecule has 0 aliphatic carbocycles. The van der Waals surface area contributed by atoms with Crippen LogP contribution in [0.3, 0.4) is 0 Å². The van der Waals surface area contributed by atoms with Gasteiger partial charge in [-0.25, -0.2) is 0 Å². The lowest BCUT2D eigenvalue weighted by molar-refractivity contribution is 0.122. The van der Waals surface area contributed by atoms with E-state index in [1.54, 1.807) is 29.9 Å². The quantitative estimate of drug-likeness (QED) is 0.861. The van der Waals surface area contributed by atoms with E-state index in [2.05, 4.69) is 4.90 Å². The molecule has 116 valence electrons. The molecule has 2 N–H and O–H groups in total. The summed E-state index contributed by atoms with van der Waals surface area (Å²) >= 11 is 6.28. The Balaban J connectivity index is 2.11. The second-order valence-corrected chi connectivity index (χ2v) is 5.78. The zero-order valence-electron chi connectivity index (χ0n) is 12.4. The van der Waals surface area contributed by atoms with Gasteiger partial charge < -0.3 is 19.9 Å². The summed E-state index contributed by atoms with van der Waals surface area (Å²) in [4.78, 5) is 14.5. The second-order valence-electron chi connectivity index (χ2n) is 5.37. The van der Waals surface area contributed by atoms with E-state index in [-0.39, 0.29) is 5.56 Å². The maximum Gasteiger partial charge on any atom is 0.273 e. The van der Waals surface area contributed by atoms with Gasteiger partial charge in [-0.05, 0) is 24.3 Å². The normalized spacial score (nSPS) is 15.1. The monoisotopic (exact) mass is 319 g/mol. The fourth-order valence-electron chi connectivity index (χ4n) is 2.64. The van der Waals surface area contributed by atoms with Crippen molar-refractivity contribution >= 4 is 23.0 Å². The van der Waals surface area contributed by atoms with Crippen molar-refractivity contribution in [2.75, 3.05) is 36.9 Å². The molecule has 6 heteroatoms. The fourth-order valence-corrected chi connectivity index (χ4v) is 2.86. The number of aromatic nitrogens is 1. The van der Waals surface area contributed by atoms with E-state index in [9.17, 15) is 4.79 Å². The molecule has 1 aromatic heterocycles. The van der Waals surface area contributed by atoms with Gasteiger partial charge in [0.05, 0.1) is 13.2 Å². The number of rotatable bonds is 2. The molecule has 3 rings (SSSR count). The topological polar surface area (TPSA) is 60.5 Å². The lowest BCUT2D eigenvalue weighted by Gasteiger charge is -2.28. The Bertz CT molecular complexity index is 752. The van der Waals surface area contributed by atoms with Gasteiger partial charge in [0.1, 0.15) is 5.69 Å². The van der Waals surface area contributed by atoms with Crippen LogP contribution in [-0.2, 0) is 11.8 Å². The van der Waals surface area contributed by atoms with E-state index < -0.39 is 0 Å². The molecule has 1 fully saturated rings. The highest BCUT2D eigenvalue weighted by atomic mass is 35.5. The highest BCUT2D eigenvalue weighted by Gasteiger charge is 2.17. The van der Waals surface area contributed by atoms with E-state index in [0.717, 1.165) is 11.1 Å². The summed E-state index contributed by atoms with van der Waals surface area (Å²) in [6, 6.07) is 7.24. The maximum atomic E-state index is 12.4. The molecule has 1 aromatic carbocycles. The molecule has 0 spiro atoms. The van der Waals surface area contributed by atoms with Crippen LogP contribution in [0.1, 0.15) is 0 Å². The second kappa shape index (κ2) is 6.02. The first-order chi connectivity index (χ1) is 10.6. The zero-order valence-corrected chi connectivity index (χ0v) is 13.1. The minimum absolute atomic E-state index is 0.0225. The first kappa shape index (κ1) is 14.9. The summed E-state index contributed by atoms with van der Waals surface area (Å²) in [5.41, 5.74) is 8.85. The Morgan fingerprint density at radius 1 is 1.23 bits per heavy atom. The number of anilines is 2. The van der Waals surface area contributed by atoms with Crippen molar-refractivity contribution in [1.82, 2.24) is 4.57 Å². The minimum Gasteiger partial charge on any atom is -0.399 e. The van der Waals surface area contributed by atoms with Crippen LogP contribution in [0.5, 0.6) is 0 Å². The molecule has 2 heterocycles. The number of benzene rings is 1. The number of halogens is 1. The first-order valence-corrected chi connectivity index (χ1v) is 7.53. The molecule has 0 amide bonds. The molecule has 0 bridgehead atoms. The Morgan fingerprint density at radius 2 is 1.95 bits per heavy atom. The van der Waals surface area contributed by atoms with Crippen molar-refractivity contribution < 1.29 is 4.74 Å². The molecular weight excluding hydrogens is 302 g/mol. The van der Waals surface area contributed by atoms with Gasteiger partial charge in [0.2, 0.25) is 0 Å². The summed E-state index contributed by atoms with van der Waals surface area (Å²) in [6.45, 7) is 2.69. The molecular formula is C16H18ClN3O2. The number of nitrogens with zero attached hydrogens (tertiary/aromatic N) is 2. The number of morpholine rings is 1. The van der Waals surface area contributed by atoms with E-state index in [4.69, 9.17) is 22.1 Å². The Morgan fingerprint density at radius 3 is 2.68 bits per heavy atom. The number of nitrogens with two attached hydrogens (primary N) is 1. The van der Waals surface area contributed by atoms with Crippen molar-refractivity contribution in [2.45, 2.75) is 0 Å². The van der Waals surface area contributed by atoms with Crippen LogP contribution in [0.4, 0.5) is 11.4 Å². The van der Waals surface area contributed by atoms with Crippen LogP contribution in [-0.4, -0.2) is 30.9 Å². The van der Waals surface area contributed by atoms with Crippen LogP contribution in [0.2, 0.25) is 5.02 Å². The number of pyridine rings is 1. The highest BCUT2D eigenvalue weighted by molar-refractivity contribution is 6.33. The Hall–Kier alpha value is -1.98. The maximum absolute atomic E-state index is 12.4. The fraction of sp³-hybridized carbons (Fsp3) is 0.312. The van der Waals surface area contributed by atoms with Crippen molar-refractivity contribution in [3.8, 4) is 11.1 Å². The predicted molar refractivity (Wildman–Crippen MR) is 89.6 cm³/mol. The summed E-state index contributed by atoms with van der Waals surface area (Å²) in [5.74, 6) is 0. The lowest BCUT2D eigenvalue weighted by Crippen LogP contribution is -2.40. The van der Waals surface area contributed by atoms with Crippen LogP contribution >= 0.6 is 11.6 Å². The van der Waals surface area contributed by atoms with E-state index in [1.807, 2.05) is 12.1 Å². The molecule has 1 saturated heterocycles. The summed E-state index contributed by atoms with van der Waals surface area (Å²) in [5, 5.41) is 0.612. The van der Waals surface area contributed by atoms with Gasteiger partial charge in [-0.3, -0.25) is 4.79 Å². The van der Waals surface area contributed by atoms with E-state index in [0.29, 0.717) is 42.7 Å². The van der Waals surface area contributed by atoms with Crippen LogP contribution in [0.25, 0.3) is 11.1 Å². The Labute approximate surface area is 133 Å². The molecule has 2 aromatic rings. The third-order valence-electron chi connectivity index (χ3n) is 3.82. The molecule has 5 nitrogen and oxygen atoms in total. The largest absolute Gasteiger partial charge is 0.399 e. The standard InChI is InChI=1S/C16H18ClN3O2/c1-19-10-11(13-9-12(18)2-3-14(13)17)8-15(16(19)21)20-4-6-22-7-5-20/h2-3,8-10H,4-7,18H2,1H3. The molecule has 0 radical (unpaired) electrons. The van der Waals surface area contributed by atoms with Crippen molar-refractivity contribution in [2.24, 2.45) is 7.05 Å². The first-order valence-electron chi connectivity index (χ1n) is 7.15. The zero-order chi connectivity index (χ0) is 15.7. The highest BCUT2D eigenvalue weighted by Crippen LogP contribution is 2.31. The van der Waals surface area contributed by atoms with E-state index in [1.165, 1.54) is 0 Å². The molecule has 22 heavy (non-hydrogen) atoms. The number of hydrogen-bond donors (Lipinski definition) is 1. The molecule has 0 unspecified atom stereocenters. The van der Waals surface area contributed by atoms with Gasteiger partial charge in [0.15, 0.2) is 0 Å². The average Bonchev–Trinajstić information content (AvgIpc) is 2.53.